The molecule has 0 radical (unpaired) electrons. The number of benzene rings is 2. The van der Waals surface area contributed by atoms with E-state index in [1.165, 1.54) is 0 Å². The Kier molecular flexibility index (Phi) is 7.35. The molecule has 0 aromatic heterocycles. The molecule has 1 aliphatic heterocycles. The summed E-state index contributed by atoms with van der Waals surface area (Å²) >= 11 is 11.9. The molecule has 3 rings (SSSR count). The number of carbonyl (C=O) groups excluding carboxylic acids is 2. The van der Waals surface area contributed by atoms with Crippen LogP contribution in [0.5, 0.6) is 5.75 Å². The van der Waals surface area contributed by atoms with Crippen LogP contribution >= 0.6 is 23.2 Å². The van der Waals surface area contributed by atoms with Gasteiger partial charge in [0.15, 0.2) is 5.78 Å². The van der Waals surface area contributed by atoms with Gasteiger partial charge in [0.25, 0.3) is 0 Å². The first kappa shape index (κ1) is 20.7. The first-order chi connectivity index (χ1) is 13.5. The monoisotopic (exact) mass is 419 g/mol. The van der Waals surface area contributed by atoms with E-state index in [0.717, 1.165) is 18.4 Å². The van der Waals surface area contributed by atoms with Crippen molar-refractivity contribution in [3.63, 3.8) is 0 Å². The van der Waals surface area contributed by atoms with Gasteiger partial charge < -0.3 is 9.64 Å². The number of rotatable bonds is 7. The average molecular weight is 420 g/mol. The Morgan fingerprint density at radius 1 is 1.04 bits per heavy atom. The summed E-state index contributed by atoms with van der Waals surface area (Å²) in [6, 6.07) is 14.4. The number of Topliss-reactive ketones (excluding diaryl/α,β-unsaturated/α-hetero) is 1. The molecular weight excluding hydrogens is 397 g/mol. The van der Waals surface area contributed by atoms with E-state index in [1.54, 1.807) is 18.2 Å². The predicted molar refractivity (Wildman–Crippen MR) is 111 cm³/mol. The second-order valence-electron chi connectivity index (χ2n) is 6.91. The van der Waals surface area contributed by atoms with Crippen LogP contribution in [0.3, 0.4) is 0 Å². The highest BCUT2D eigenvalue weighted by molar-refractivity contribution is 6.35. The Bertz CT molecular complexity index is 818. The van der Waals surface area contributed by atoms with Crippen molar-refractivity contribution in [1.29, 1.82) is 0 Å². The molecule has 148 valence electrons. The van der Waals surface area contributed by atoms with Crippen molar-refractivity contribution in [2.45, 2.75) is 25.7 Å². The first-order valence-electron chi connectivity index (χ1n) is 9.49. The quantitative estimate of drug-likeness (QED) is 0.453. The predicted octanol–water partition coefficient (Wildman–Crippen LogP) is 5.27. The number of ether oxygens (including phenoxy) is 1. The van der Waals surface area contributed by atoms with E-state index in [9.17, 15) is 9.59 Å². The standard InChI is InChI=1S/C22H23Cl2NO3/c23-18-8-9-20(19(24)15-18)28-14-4-7-21(26)25-12-10-17(11-13-25)22(27)16-5-2-1-3-6-16/h1-3,5-6,8-9,15,17H,4,7,10-14H2. The van der Waals surface area contributed by atoms with Crippen LogP contribution in [-0.2, 0) is 4.79 Å². The minimum Gasteiger partial charge on any atom is -0.492 e. The Morgan fingerprint density at radius 2 is 1.75 bits per heavy atom. The van der Waals surface area contributed by atoms with Crippen LogP contribution in [0.1, 0.15) is 36.0 Å². The van der Waals surface area contributed by atoms with E-state index in [0.29, 0.717) is 48.3 Å². The highest BCUT2D eigenvalue weighted by atomic mass is 35.5. The number of likely N-dealkylation sites (tertiary alicyclic amines) is 1. The first-order valence-corrected chi connectivity index (χ1v) is 10.2. The summed E-state index contributed by atoms with van der Waals surface area (Å²) in [6.45, 7) is 1.67. The van der Waals surface area contributed by atoms with Gasteiger partial charge in [0.1, 0.15) is 5.75 Å². The molecule has 28 heavy (non-hydrogen) atoms. The van der Waals surface area contributed by atoms with Crippen LogP contribution < -0.4 is 4.74 Å². The van der Waals surface area contributed by atoms with Gasteiger partial charge in [-0.05, 0) is 37.5 Å². The van der Waals surface area contributed by atoms with Crippen molar-refractivity contribution in [3.05, 3.63) is 64.1 Å². The molecule has 0 atom stereocenters. The van der Waals surface area contributed by atoms with E-state index < -0.39 is 0 Å². The number of hydrogen-bond donors (Lipinski definition) is 0. The highest BCUT2D eigenvalue weighted by Crippen LogP contribution is 2.27. The maximum absolute atomic E-state index is 12.5. The molecule has 0 aliphatic carbocycles. The SMILES string of the molecule is O=C(c1ccccc1)C1CCN(C(=O)CCCOc2ccc(Cl)cc2Cl)CC1. The lowest BCUT2D eigenvalue weighted by Crippen LogP contribution is -2.40. The zero-order valence-electron chi connectivity index (χ0n) is 15.6. The molecule has 0 bridgehead atoms. The summed E-state index contributed by atoms with van der Waals surface area (Å²) in [5.41, 5.74) is 0.755. The fourth-order valence-corrected chi connectivity index (χ4v) is 3.85. The molecule has 0 spiro atoms. The van der Waals surface area contributed by atoms with Crippen LogP contribution in [0.25, 0.3) is 0 Å². The maximum Gasteiger partial charge on any atom is 0.222 e. The molecule has 0 N–H and O–H groups in total. The molecule has 1 heterocycles. The molecule has 1 fully saturated rings. The molecule has 1 amide bonds. The number of ketones is 1. The lowest BCUT2D eigenvalue weighted by molar-refractivity contribution is -0.132. The van der Waals surface area contributed by atoms with Crippen molar-refractivity contribution in [1.82, 2.24) is 4.90 Å². The number of nitrogens with zero attached hydrogens (tertiary/aromatic N) is 1. The van der Waals surface area contributed by atoms with Crippen molar-refractivity contribution in [2.75, 3.05) is 19.7 Å². The van der Waals surface area contributed by atoms with E-state index in [2.05, 4.69) is 0 Å². The Labute approximate surface area is 175 Å². The highest BCUT2D eigenvalue weighted by Gasteiger charge is 2.27. The zero-order chi connectivity index (χ0) is 19.9. The van der Waals surface area contributed by atoms with Gasteiger partial charge in [-0.15, -0.1) is 0 Å². The topological polar surface area (TPSA) is 46.6 Å². The van der Waals surface area contributed by atoms with Gasteiger partial charge >= 0.3 is 0 Å². The lowest BCUT2D eigenvalue weighted by Gasteiger charge is -2.31. The smallest absolute Gasteiger partial charge is 0.222 e. The van der Waals surface area contributed by atoms with E-state index in [1.807, 2.05) is 35.2 Å². The molecular formula is C22H23Cl2NO3. The molecule has 2 aromatic rings. The summed E-state index contributed by atoms with van der Waals surface area (Å²) in [4.78, 5) is 26.8. The maximum atomic E-state index is 12.5. The van der Waals surface area contributed by atoms with Crippen molar-refractivity contribution < 1.29 is 14.3 Å². The number of halogens is 2. The molecule has 0 saturated carbocycles. The normalized spacial score (nSPS) is 14.7. The van der Waals surface area contributed by atoms with Crippen LogP contribution in [0, 0.1) is 5.92 Å². The van der Waals surface area contributed by atoms with Crippen LogP contribution in [0.15, 0.2) is 48.5 Å². The van der Waals surface area contributed by atoms with E-state index >= 15 is 0 Å². The molecule has 4 nitrogen and oxygen atoms in total. The number of amides is 1. The van der Waals surface area contributed by atoms with Crippen LogP contribution in [-0.4, -0.2) is 36.3 Å². The van der Waals surface area contributed by atoms with Crippen molar-refractivity contribution >= 4 is 34.9 Å². The van der Waals surface area contributed by atoms with Gasteiger partial charge in [-0.25, -0.2) is 0 Å². The summed E-state index contributed by atoms with van der Waals surface area (Å²) in [5.74, 6) is 0.859. The molecule has 1 saturated heterocycles. The van der Waals surface area contributed by atoms with Gasteiger partial charge in [-0.1, -0.05) is 53.5 Å². The number of hydrogen-bond acceptors (Lipinski definition) is 3. The Hall–Kier alpha value is -2.04. The van der Waals surface area contributed by atoms with E-state index in [-0.39, 0.29) is 17.6 Å². The van der Waals surface area contributed by atoms with Gasteiger partial charge in [-0.3, -0.25) is 9.59 Å². The summed E-state index contributed by atoms with van der Waals surface area (Å²) in [5, 5.41) is 1.02. The fourth-order valence-electron chi connectivity index (χ4n) is 3.39. The number of piperidine rings is 1. The van der Waals surface area contributed by atoms with Gasteiger partial charge in [0.2, 0.25) is 5.91 Å². The minimum absolute atomic E-state index is 0.00169. The second kappa shape index (κ2) is 9.94. The van der Waals surface area contributed by atoms with Gasteiger partial charge in [-0.2, -0.15) is 0 Å². The molecule has 6 heteroatoms. The summed E-state index contributed by atoms with van der Waals surface area (Å²) in [7, 11) is 0. The third kappa shape index (κ3) is 5.49. The van der Waals surface area contributed by atoms with Crippen LogP contribution in [0.2, 0.25) is 10.0 Å². The minimum atomic E-state index is 0.00169. The van der Waals surface area contributed by atoms with Gasteiger partial charge in [0.05, 0.1) is 11.6 Å². The molecule has 0 unspecified atom stereocenters. The van der Waals surface area contributed by atoms with Crippen LogP contribution in [0.4, 0.5) is 0 Å². The second-order valence-corrected chi connectivity index (χ2v) is 7.76. The van der Waals surface area contributed by atoms with Crippen molar-refractivity contribution in [3.8, 4) is 5.75 Å². The average Bonchev–Trinajstić information content (AvgIpc) is 2.72. The van der Waals surface area contributed by atoms with E-state index in [4.69, 9.17) is 27.9 Å². The third-order valence-electron chi connectivity index (χ3n) is 4.96. The third-order valence-corrected chi connectivity index (χ3v) is 5.49. The lowest BCUT2D eigenvalue weighted by atomic mass is 9.89. The zero-order valence-corrected chi connectivity index (χ0v) is 17.1. The number of carbonyl (C=O) groups is 2. The molecule has 1 aliphatic rings. The summed E-state index contributed by atoms with van der Waals surface area (Å²) in [6.07, 6.45) is 2.47. The Balaban J connectivity index is 1.38. The molecule has 2 aromatic carbocycles. The summed E-state index contributed by atoms with van der Waals surface area (Å²) < 4.78 is 5.62. The fraction of sp³-hybridized carbons (Fsp3) is 0.364. The van der Waals surface area contributed by atoms with Gasteiger partial charge in [0, 0.05) is 36.0 Å². The Morgan fingerprint density at radius 3 is 2.43 bits per heavy atom. The largest absolute Gasteiger partial charge is 0.492 e. The van der Waals surface area contributed by atoms with Crippen molar-refractivity contribution in [2.24, 2.45) is 5.92 Å².